The number of hydrogen-bond donors (Lipinski definition) is 0. The predicted octanol–water partition coefficient (Wildman–Crippen LogP) is 3.98. The molecule has 0 N–H and O–H groups in total. The van der Waals surface area contributed by atoms with Crippen molar-refractivity contribution in [1.29, 1.82) is 0 Å². The molecule has 1 heteroatoms. The molecular formula is C16H14N. The molecule has 0 heterocycles. The number of hydrogen-bond acceptors (Lipinski definition) is 1. The van der Waals surface area contributed by atoms with Crippen LogP contribution >= 0.6 is 0 Å². The number of rotatable bonds is 4. The van der Waals surface area contributed by atoms with E-state index in [2.05, 4.69) is 17.1 Å². The van der Waals surface area contributed by atoms with E-state index in [1.165, 1.54) is 5.56 Å². The lowest BCUT2D eigenvalue weighted by Crippen LogP contribution is -1.78. The Morgan fingerprint density at radius 3 is 1.94 bits per heavy atom. The second-order valence-corrected chi connectivity index (χ2v) is 3.61. The van der Waals surface area contributed by atoms with Gasteiger partial charge in [-0.15, -0.1) is 0 Å². The number of nitrogens with zero attached hydrogens (tertiary/aromatic N) is 1. The lowest BCUT2D eigenvalue weighted by atomic mass is 10.2. The lowest BCUT2D eigenvalue weighted by molar-refractivity contribution is 1.44. The molecule has 0 aliphatic rings. The van der Waals surface area contributed by atoms with Crippen LogP contribution < -0.4 is 0 Å². The molecular weight excluding hydrogens is 206 g/mol. The van der Waals surface area contributed by atoms with E-state index in [0.717, 1.165) is 5.56 Å². The van der Waals surface area contributed by atoms with E-state index in [9.17, 15) is 0 Å². The van der Waals surface area contributed by atoms with E-state index in [0.29, 0.717) is 0 Å². The van der Waals surface area contributed by atoms with Crippen molar-refractivity contribution in [3.63, 3.8) is 0 Å². The zero-order valence-electron chi connectivity index (χ0n) is 9.53. The van der Waals surface area contributed by atoms with Crippen LogP contribution in [0.25, 0.3) is 6.08 Å². The van der Waals surface area contributed by atoms with E-state index in [-0.39, 0.29) is 0 Å². The minimum absolute atomic E-state index is 1.11. The molecule has 2 aromatic carbocycles. The van der Waals surface area contributed by atoms with E-state index in [1.54, 1.807) is 6.54 Å². The molecule has 0 fully saturated rings. The van der Waals surface area contributed by atoms with Crippen LogP contribution in [0.15, 0.2) is 71.7 Å². The van der Waals surface area contributed by atoms with Crippen molar-refractivity contribution in [2.45, 2.75) is 0 Å². The predicted molar refractivity (Wildman–Crippen MR) is 73.8 cm³/mol. The summed E-state index contributed by atoms with van der Waals surface area (Å²) in [6, 6.07) is 20.2. The van der Waals surface area contributed by atoms with Gasteiger partial charge < -0.3 is 0 Å². The van der Waals surface area contributed by atoms with E-state index < -0.39 is 0 Å². The third-order valence-electron chi connectivity index (χ3n) is 2.28. The smallest absolute Gasteiger partial charge is 0.0942 e. The Balaban J connectivity index is 1.84. The monoisotopic (exact) mass is 220 g/mol. The average molecular weight is 220 g/mol. The van der Waals surface area contributed by atoms with E-state index in [4.69, 9.17) is 0 Å². The van der Waals surface area contributed by atoms with Crippen molar-refractivity contribution in [2.24, 2.45) is 4.99 Å². The third kappa shape index (κ3) is 4.07. The molecule has 2 aromatic rings. The molecule has 0 saturated heterocycles. The molecule has 0 spiro atoms. The van der Waals surface area contributed by atoms with Gasteiger partial charge in [0.25, 0.3) is 0 Å². The highest BCUT2D eigenvalue weighted by molar-refractivity contribution is 5.79. The molecule has 0 aliphatic heterocycles. The molecule has 0 aromatic heterocycles. The Morgan fingerprint density at radius 2 is 1.29 bits per heavy atom. The standard InChI is InChI=1S/C16H14N/c1-3-8-15(9-4-1)12-7-13-17-14-16-10-5-2-6-11-16/h1-14H. The summed E-state index contributed by atoms with van der Waals surface area (Å²) in [4.78, 5) is 4.22. The summed E-state index contributed by atoms with van der Waals surface area (Å²) in [6.45, 7) is 1.79. The minimum Gasteiger partial charge on any atom is -0.282 e. The Labute approximate surface area is 102 Å². The van der Waals surface area contributed by atoms with Crippen LogP contribution in [-0.2, 0) is 0 Å². The highest BCUT2D eigenvalue weighted by Crippen LogP contribution is 2.01. The third-order valence-corrected chi connectivity index (χ3v) is 2.28. The van der Waals surface area contributed by atoms with Crippen LogP contribution in [0.1, 0.15) is 11.1 Å². The average Bonchev–Trinajstić information content (AvgIpc) is 2.41. The van der Waals surface area contributed by atoms with Crippen molar-refractivity contribution in [3.8, 4) is 0 Å². The first-order valence-electron chi connectivity index (χ1n) is 5.58. The van der Waals surface area contributed by atoms with Gasteiger partial charge in [0.05, 0.1) is 6.54 Å². The molecule has 1 radical (unpaired) electrons. The first-order chi connectivity index (χ1) is 8.45. The molecule has 0 bridgehead atoms. The Morgan fingerprint density at radius 1 is 0.706 bits per heavy atom. The normalized spacial score (nSPS) is 11.3. The maximum Gasteiger partial charge on any atom is 0.0942 e. The van der Waals surface area contributed by atoms with Gasteiger partial charge in [-0.05, 0) is 11.1 Å². The Kier molecular flexibility index (Phi) is 4.29. The SMILES string of the molecule is [CH](C=Cc1ccccc1)N=Cc1ccccc1. The van der Waals surface area contributed by atoms with Crippen LogP contribution in [0, 0.1) is 6.54 Å². The largest absolute Gasteiger partial charge is 0.282 e. The highest BCUT2D eigenvalue weighted by Gasteiger charge is 1.83. The molecule has 0 unspecified atom stereocenters. The fraction of sp³-hybridized carbons (Fsp3) is 0. The second kappa shape index (κ2) is 6.44. The van der Waals surface area contributed by atoms with Crippen molar-refractivity contribution < 1.29 is 0 Å². The van der Waals surface area contributed by atoms with Crippen LogP contribution in [0.3, 0.4) is 0 Å². The molecule has 17 heavy (non-hydrogen) atoms. The van der Waals surface area contributed by atoms with Crippen molar-refractivity contribution in [3.05, 3.63) is 84.4 Å². The van der Waals surface area contributed by atoms with Crippen molar-refractivity contribution in [1.82, 2.24) is 0 Å². The maximum absolute atomic E-state index is 4.22. The summed E-state index contributed by atoms with van der Waals surface area (Å²) < 4.78 is 0. The molecule has 1 nitrogen and oxygen atoms in total. The van der Waals surface area contributed by atoms with Crippen molar-refractivity contribution in [2.75, 3.05) is 0 Å². The molecule has 2 rings (SSSR count). The molecule has 0 atom stereocenters. The summed E-state index contributed by atoms with van der Waals surface area (Å²) >= 11 is 0. The summed E-state index contributed by atoms with van der Waals surface area (Å²) in [5, 5.41) is 0. The number of aliphatic imine (C=N–C) groups is 1. The van der Waals surface area contributed by atoms with Gasteiger partial charge in [0.1, 0.15) is 0 Å². The molecule has 0 aliphatic carbocycles. The topological polar surface area (TPSA) is 12.4 Å². The summed E-state index contributed by atoms with van der Waals surface area (Å²) in [6.07, 6.45) is 5.81. The van der Waals surface area contributed by atoms with Gasteiger partial charge >= 0.3 is 0 Å². The van der Waals surface area contributed by atoms with Gasteiger partial charge in [-0.1, -0.05) is 72.8 Å². The van der Waals surface area contributed by atoms with E-state index in [1.807, 2.05) is 66.9 Å². The first-order valence-corrected chi connectivity index (χ1v) is 5.58. The van der Waals surface area contributed by atoms with Crippen molar-refractivity contribution >= 4 is 12.3 Å². The Hall–Kier alpha value is -2.15. The summed E-state index contributed by atoms with van der Waals surface area (Å²) in [5.41, 5.74) is 2.29. The fourth-order valence-electron chi connectivity index (χ4n) is 1.44. The van der Waals surface area contributed by atoms with Gasteiger partial charge in [-0.25, -0.2) is 0 Å². The van der Waals surface area contributed by atoms with Gasteiger partial charge in [-0.2, -0.15) is 0 Å². The zero-order valence-corrected chi connectivity index (χ0v) is 9.53. The number of benzene rings is 2. The molecule has 0 amide bonds. The zero-order chi connectivity index (χ0) is 11.8. The minimum atomic E-state index is 1.11. The molecule has 83 valence electrons. The summed E-state index contributed by atoms with van der Waals surface area (Å²) in [5.74, 6) is 0. The van der Waals surface area contributed by atoms with Crippen LogP contribution in [-0.4, -0.2) is 6.21 Å². The fourth-order valence-corrected chi connectivity index (χ4v) is 1.44. The Bertz CT molecular complexity index is 436. The van der Waals surface area contributed by atoms with Gasteiger partial charge in [0.15, 0.2) is 0 Å². The van der Waals surface area contributed by atoms with Crippen LogP contribution in [0.2, 0.25) is 0 Å². The maximum atomic E-state index is 4.22. The van der Waals surface area contributed by atoms with E-state index >= 15 is 0 Å². The first kappa shape index (κ1) is 11.3. The van der Waals surface area contributed by atoms with Gasteiger partial charge in [0.2, 0.25) is 0 Å². The molecule has 0 saturated carbocycles. The van der Waals surface area contributed by atoms with Gasteiger partial charge in [0, 0.05) is 6.21 Å². The highest BCUT2D eigenvalue weighted by atomic mass is 14.7. The quantitative estimate of drug-likeness (QED) is 0.691. The second-order valence-electron chi connectivity index (χ2n) is 3.61. The lowest BCUT2D eigenvalue weighted by Gasteiger charge is -1.91. The summed E-state index contributed by atoms with van der Waals surface area (Å²) in [7, 11) is 0. The van der Waals surface area contributed by atoms with Crippen LogP contribution in [0.5, 0.6) is 0 Å². The van der Waals surface area contributed by atoms with Crippen LogP contribution in [0.4, 0.5) is 0 Å². The van der Waals surface area contributed by atoms with Gasteiger partial charge in [-0.3, -0.25) is 4.99 Å².